The van der Waals surface area contributed by atoms with Crippen molar-refractivity contribution >= 4 is 36.1 Å². The van der Waals surface area contributed by atoms with Gasteiger partial charge in [0.05, 0.1) is 6.61 Å². The Morgan fingerprint density at radius 2 is 1.24 bits per heavy atom. The minimum Gasteiger partial charge on any atom is -0.449 e. The van der Waals surface area contributed by atoms with Gasteiger partial charge in [-0.15, -0.1) is 0 Å². The van der Waals surface area contributed by atoms with Crippen molar-refractivity contribution in [2.75, 3.05) is 6.61 Å². The molecule has 0 N–H and O–H groups in total. The van der Waals surface area contributed by atoms with Crippen LogP contribution in [0.3, 0.4) is 0 Å². The molecule has 4 aromatic rings. The number of benzene rings is 3. The van der Waals surface area contributed by atoms with E-state index in [1.165, 1.54) is 11.1 Å². The fourth-order valence-electron chi connectivity index (χ4n) is 7.42. The molecular weight excluding hydrogens is 697 g/mol. The van der Waals surface area contributed by atoms with E-state index in [2.05, 4.69) is 121 Å². The molecule has 1 unspecified atom stereocenters. The summed E-state index contributed by atoms with van der Waals surface area (Å²) in [4.78, 5) is 5.07. The minimum atomic E-state index is -2.05. The molecule has 7 rings (SSSR count). The van der Waals surface area contributed by atoms with Crippen molar-refractivity contribution in [3.8, 4) is 0 Å². The predicted octanol–water partition coefficient (Wildman–Crippen LogP) is 11.6. The van der Waals surface area contributed by atoms with Crippen molar-refractivity contribution in [3.63, 3.8) is 0 Å². The molecule has 2 fully saturated rings. The van der Waals surface area contributed by atoms with Gasteiger partial charge in [0.25, 0.3) is 0 Å². The predicted molar refractivity (Wildman–Crippen MR) is 217 cm³/mol. The van der Waals surface area contributed by atoms with Crippen LogP contribution in [0.4, 0.5) is 0 Å². The number of hydrogen-bond acceptors (Lipinski definition) is 8. The Morgan fingerprint density at radius 3 is 1.72 bits per heavy atom. The number of rotatable bonds is 4. The van der Waals surface area contributed by atoms with Gasteiger partial charge < -0.3 is 27.3 Å². The Morgan fingerprint density at radius 1 is 0.704 bits per heavy atom. The minimum absolute atomic E-state index is 0.0728. The van der Waals surface area contributed by atoms with Crippen molar-refractivity contribution in [3.05, 3.63) is 82.4 Å². The first-order chi connectivity index (χ1) is 25.1. The first-order valence-corrected chi connectivity index (χ1v) is 20.6. The smallest absolute Gasteiger partial charge is 0.387 e. The molecular formula is C45H60NO7P. The first-order valence-electron chi connectivity index (χ1n) is 19.5. The fraction of sp³-hybridized carbons (Fsp3) is 0.578. The van der Waals surface area contributed by atoms with Crippen LogP contribution in [0.25, 0.3) is 21.9 Å². The quantitative estimate of drug-likeness (QED) is 0.205. The SMILES string of the molecule is CC(C)C1=N[C@H]2[C@@H](O1)O[C@@H]1COC(c3ccccc3)O[C@H]1[C@@H]2Op1oc2c(C(C)(C)C)cc(C(C)(C)C)cc2c2cc(C(C)(C)C)cc(C(C)(C)C)c2o1. The third-order valence-electron chi connectivity index (χ3n) is 10.7. The molecule has 1 aromatic heterocycles. The Labute approximate surface area is 322 Å². The highest BCUT2D eigenvalue weighted by atomic mass is 31.1. The largest absolute Gasteiger partial charge is 0.449 e. The molecule has 3 aliphatic rings. The van der Waals surface area contributed by atoms with Gasteiger partial charge in [-0.3, -0.25) is 4.52 Å². The molecule has 0 spiro atoms. The molecule has 0 amide bonds. The molecule has 3 aliphatic heterocycles. The van der Waals surface area contributed by atoms with E-state index in [0.717, 1.165) is 38.6 Å². The first kappa shape index (κ1) is 39.1. The lowest BCUT2D eigenvalue weighted by atomic mass is 9.77. The van der Waals surface area contributed by atoms with Crippen LogP contribution in [0.2, 0.25) is 0 Å². The number of hydrogen-bond donors (Lipinski definition) is 0. The van der Waals surface area contributed by atoms with E-state index in [1.54, 1.807) is 0 Å². The lowest BCUT2D eigenvalue weighted by Crippen LogP contribution is -2.62. The van der Waals surface area contributed by atoms with Gasteiger partial charge >= 0.3 is 8.24 Å². The molecule has 8 nitrogen and oxygen atoms in total. The van der Waals surface area contributed by atoms with Crippen LogP contribution in [0.15, 0.2) is 68.0 Å². The lowest BCUT2D eigenvalue weighted by Gasteiger charge is -2.45. The zero-order valence-corrected chi connectivity index (χ0v) is 35.6. The lowest BCUT2D eigenvalue weighted by molar-refractivity contribution is -0.324. The summed E-state index contributed by atoms with van der Waals surface area (Å²) in [5.41, 5.74) is 6.49. The van der Waals surface area contributed by atoms with Crippen molar-refractivity contribution in [1.29, 1.82) is 0 Å². The van der Waals surface area contributed by atoms with Gasteiger partial charge in [-0.2, -0.15) is 0 Å². The third-order valence-corrected chi connectivity index (χ3v) is 11.8. The average molecular weight is 758 g/mol. The second-order valence-electron chi connectivity index (χ2n) is 19.7. The second-order valence-corrected chi connectivity index (χ2v) is 20.8. The molecule has 54 heavy (non-hydrogen) atoms. The Kier molecular flexibility index (Phi) is 10.0. The highest BCUT2D eigenvalue weighted by molar-refractivity contribution is 7.31. The zero-order chi connectivity index (χ0) is 39.1. The summed E-state index contributed by atoms with van der Waals surface area (Å²) >= 11 is 0. The molecule has 2 saturated heterocycles. The summed E-state index contributed by atoms with van der Waals surface area (Å²) in [5.74, 6) is 0.710. The van der Waals surface area contributed by atoms with E-state index in [1.807, 2.05) is 30.3 Å². The van der Waals surface area contributed by atoms with Crippen molar-refractivity contribution in [2.45, 2.75) is 156 Å². The number of ether oxygens (including phenoxy) is 4. The van der Waals surface area contributed by atoms with Crippen molar-refractivity contribution < 1.29 is 31.9 Å². The summed E-state index contributed by atoms with van der Waals surface area (Å²) in [5, 5.41) is 2.04. The summed E-state index contributed by atoms with van der Waals surface area (Å²) in [7, 11) is -2.05. The second kappa shape index (κ2) is 13.8. The van der Waals surface area contributed by atoms with Crippen LogP contribution < -0.4 is 4.52 Å². The molecule has 0 bridgehead atoms. The van der Waals surface area contributed by atoms with Crippen LogP contribution in [-0.2, 0) is 40.6 Å². The molecule has 9 heteroatoms. The van der Waals surface area contributed by atoms with Crippen LogP contribution in [0.1, 0.15) is 131 Å². The van der Waals surface area contributed by atoms with Gasteiger partial charge in [0.2, 0.25) is 6.29 Å². The summed E-state index contributed by atoms with van der Waals surface area (Å²) in [6.07, 6.45) is -2.83. The van der Waals surface area contributed by atoms with E-state index < -0.39 is 45.2 Å². The van der Waals surface area contributed by atoms with Crippen molar-refractivity contribution in [1.82, 2.24) is 0 Å². The van der Waals surface area contributed by atoms with Crippen molar-refractivity contribution in [2.24, 2.45) is 10.9 Å². The van der Waals surface area contributed by atoms with E-state index in [-0.39, 0.29) is 27.6 Å². The van der Waals surface area contributed by atoms with Gasteiger partial charge in [0.1, 0.15) is 35.5 Å². The summed E-state index contributed by atoms with van der Waals surface area (Å²) < 4.78 is 47.4. The van der Waals surface area contributed by atoms with Gasteiger partial charge in [-0.25, -0.2) is 4.99 Å². The van der Waals surface area contributed by atoms with Crippen LogP contribution in [-0.4, -0.2) is 43.1 Å². The Bertz CT molecular complexity index is 2000. The van der Waals surface area contributed by atoms with Crippen LogP contribution in [0, 0.1) is 5.92 Å². The highest BCUT2D eigenvalue weighted by Crippen LogP contribution is 2.47. The van der Waals surface area contributed by atoms with Gasteiger partial charge in [0, 0.05) is 33.4 Å². The maximum atomic E-state index is 7.22. The van der Waals surface area contributed by atoms with E-state index in [4.69, 9.17) is 36.9 Å². The summed E-state index contributed by atoms with van der Waals surface area (Å²) in [6, 6.07) is 18.7. The molecule has 3 aromatic carbocycles. The molecule has 4 heterocycles. The zero-order valence-electron chi connectivity index (χ0n) is 34.7. The monoisotopic (exact) mass is 757 g/mol. The number of fused-ring (bicyclic) bond motifs is 5. The Balaban J connectivity index is 1.51. The van der Waals surface area contributed by atoms with Crippen LogP contribution in [0.5, 0.6) is 0 Å². The third kappa shape index (κ3) is 7.54. The maximum Gasteiger partial charge on any atom is 0.387 e. The fourth-order valence-corrected chi connectivity index (χ4v) is 8.68. The summed E-state index contributed by atoms with van der Waals surface area (Å²) in [6.45, 7) is 31.5. The van der Waals surface area contributed by atoms with Gasteiger partial charge in [0.15, 0.2) is 12.2 Å². The standard InChI is InChI=1S/C45H60NO7P/c1-25(2)39-46-34-38(37-33(48-41(34)50-39)24-47-40(49-37)26-18-16-15-17-19-26)53-54-51-35-29(20-27(42(3,4)5)22-31(35)44(9,10)11)30-21-28(43(6,7)8)23-32(36(30)52-54)45(12,13)14/h15-23,25,33-34,37-38,40-41H,24H2,1-14H3/t33-,34-,37-,38-,40?,41-/m1/s1. The Hall–Kier alpha value is -3.13. The van der Waals surface area contributed by atoms with Gasteiger partial charge in [-0.1, -0.05) is 139 Å². The maximum absolute atomic E-state index is 7.22. The van der Waals surface area contributed by atoms with E-state index in [9.17, 15) is 0 Å². The highest BCUT2D eigenvalue weighted by Gasteiger charge is 2.55. The molecule has 0 radical (unpaired) electrons. The normalized spacial score (nSPS) is 25.1. The number of nitrogens with zero attached hydrogens (tertiary/aromatic N) is 1. The van der Waals surface area contributed by atoms with E-state index in [0.29, 0.717) is 12.5 Å². The average Bonchev–Trinajstić information content (AvgIpc) is 3.44. The molecule has 6 atom stereocenters. The topological polar surface area (TPSA) is 84.8 Å². The van der Waals surface area contributed by atoms with E-state index >= 15 is 0 Å². The molecule has 0 saturated carbocycles. The molecule has 0 aliphatic carbocycles. The number of aliphatic imine (C=N–C) groups is 1. The van der Waals surface area contributed by atoms with Crippen LogP contribution >= 0.6 is 8.24 Å². The van der Waals surface area contributed by atoms with Gasteiger partial charge in [-0.05, 0) is 44.9 Å². The molecule has 292 valence electrons.